The number of amides is 1. The van der Waals surface area contributed by atoms with E-state index in [-0.39, 0.29) is 11.9 Å². The minimum atomic E-state index is -3.67. The highest BCUT2D eigenvalue weighted by atomic mass is 32.2. The van der Waals surface area contributed by atoms with Gasteiger partial charge >= 0.3 is 0 Å². The van der Waals surface area contributed by atoms with E-state index in [1.54, 1.807) is 19.3 Å². The van der Waals surface area contributed by atoms with Crippen LogP contribution >= 0.6 is 0 Å². The lowest BCUT2D eigenvalue weighted by Gasteiger charge is -2.11. The van der Waals surface area contributed by atoms with Crippen LogP contribution in [0.15, 0.2) is 48.8 Å². The van der Waals surface area contributed by atoms with Gasteiger partial charge in [0.15, 0.2) is 0 Å². The molecule has 0 saturated carbocycles. The van der Waals surface area contributed by atoms with Crippen molar-refractivity contribution in [3.05, 3.63) is 59.9 Å². The molecule has 0 bridgehead atoms. The van der Waals surface area contributed by atoms with E-state index < -0.39 is 10.1 Å². The molecule has 0 fully saturated rings. The fourth-order valence-corrected chi connectivity index (χ4v) is 1.72. The van der Waals surface area contributed by atoms with Crippen LogP contribution in [-0.4, -0.2) is 36.2 Å². The van der Waals surface area contributed by atoms with Crippen molar-refractivity contribution in [3.8, 4) is 5.75 Å². The molecule has 1 amide bonds. The van der Waals surface area contributed by atoms with E-state index in [2.05, 4.69) is 10.3 Å². The van der Waals surface area contributed by atoms with E-state index in [4.69, 9.17) is 15.0 Å². The maximum atomic E-state index is 10.9. The first kappa shape index (κ1) is 21.6. The number of nitrogens with one attached hydrogen (secondary N) is 1. The first-order valence-corrected chi connectivity index (χ1v) is 9.56. The van der Waals surface area contributed by atoms with Gasteiger partial charge in [-0.05, 0) is 42.3 Å². The smallest absolute Gasteiger partial charge is 0.261 e. The summed E-state index contributed by atoms with van der Waals surface area (Å²) in [6.07, 6.45) is 4.20. The monoisotopic (exact) mass is 381 g/mol. The van der Waals surface area contributed by atoms with Crippen molar-refractivity contribution in [2.75, 3.05) is 6.26 Å². The fraction of sp³-hybridized carbons (Fsp3) is 0.294. The summed E-state index contributed by atoms with van der Waals surface area (Å²) in [5, 5.41) is 3.05. The molecule has 1 aromatic heterocycles. The van der Waals surface area contributed by atoms with Crippen LogP contribution in [0.5, 0.6) is 5.75 Å². The molecule has 1 unspecified atom stereocenters. The first-order valence-electron chi connectivity index (χ1n) is 7.71. The molecule has 4 N–H and O–H groups in total. The molecule has 142 valence electrons. The van der Waals surface area contributed by atoms with Crippen LogP contribution in [0.4, 0.5) is 0 Å². The number of hydrogen-bond donors (Lipinski definition) is 3. The molecule has 0 radical (unpaired) electrons. The summed E-state index contributed by atoms with van der Waals surface area (Å²) in [6, 6.07) is 11.2. The van der Waals surface area contributed by atoms with Gasteiger partial charge in [0.25, 0.3) is 10.1 Å². The second-order valence-electron chi connectivity index (χ2n) is 5.53. The number of pyridine rings is 1. The lowest BCUT2D eigenvalue weighted by Crippen LogP contribution is -2.38. The number of ether oxygens (including phenoxy) is 1. The minimum Gasteiger partial charge on any atom is -0.489 e. The Morgan fingerprint density at radius 1 is 1.19 bits per heavy atom. The van der Waals surface area contributed by atoms with Gasteiger partial charge in [-0.15, -0.1) is 0 Å². The first-order chi connectivity index (χ1) is 12.1. The van der Waals surface area contributed by atoms with Gasteiger partial charge in [0.2, 0.25) is 5.91 Å². The molecule has 2 aromatic rings. The number of aromatic nitrogens is 1. The average Bonchev–Trinajstić information content (AvgIpc) is 2.58. The third-order valence-corrected chi connectivity index (χ3v) is 3.12. The molecule has 0 aliphatic carbocycles. The van der Waals surface area contributed by atoms with Crippen molar-refractivity contribution in [2.24, 2.45) is 5.73 Å². The van der Waals surface area contributed by atoms with Crippen molar-refractivity contribution in [1.82, 2.24) is 10.3 Å². The Labute approximate surface area is 153 Å². The summed E-state index contributed by atoms with van der Waals surface area (Å²) >= 11 is 0. The minimum absolute atomic E-state index is 0.340. The van der Waals surface area contributed by atoms with Crippen molar-refractivity contribution in [1.29, 1.82) is 0 Å². The van der Waals surface area contributed by atoms with Crippen molar-refractivity contribution >= 4 is 16.0 Å². The molecule has 0 aliphatic heterocycles. The lowest BCUT2D eigenvalue weighted by molar-refractivity contribution is -0.119. The van der Waals surface area contributed by atoms with E-state index in [1.165, 1.54) is 0 Å². The average molecular weight is 381 g/mol. The van der Waals surface area contributed by atoms with Gasteiger partial charge in [-0.2, -0.15) is 8.42 Å². The highest BCUT2D eigenvalue weighted by Gasteiger charge is 2.06. The number of carbonyl (C=O) groups is 1. The van der Waals surface area contributed by atoms with E-state index >= 15 is 0 Å². The molecule has 0 aliphatic rings. The van der Waals surface area contributed by atoms with Crippen molar-refractivity contribution in [3.63, 3.8) is 0 Å². The summed E-state index contributed by atoms with van der Waals surface area (Å²) in [7, 11) is -3.67. The zero-order chi connectivity index (χ0) is 19.6. The van der Waals surface area contributed by atoms with E-state index in [1.807, 2.05) is 36.4 Å². The van der Waals surface area contributed by atoms with Crippen LogP contribution in [0.3, 0.4) is 0 Å². The van der Waals surface area contributed by atoms with Gasteiger partial charge in [-0.1, -0.05) is 12.1 Å². The number of primary amides is 1. The van der Waals surface area contributed by atoms with Gasteiger partial charge in [0, 0.05) is 18.9 Å². The summed E-state index contributed by atoms with van der Waals surface area (Å²) in [5.74, 6) is 0.450. The zero-order valence-electron chi connectivity index (χ0n) is 14.6. The highest BCUT2D eigenvalue weighted by Crippen LogP contribution is 2.14. The third kappa shape index (κ3) is 10.4. The largest absolute Gasteiger partial charge is 0.489 e. The van der Waals surface area contributed by atoms with Gasteiger partial charge in [-0.25, -0.2) is 0 Å². The molecule has 1 aromatic carbocycles. The van der Waals surface area contributed by atoms with Crippen LogP contribution in [0.2, 0.25) is 0 Å². The molecule has 8 nitrogen and oxygen atoms in total. The summed E-state index contributed by atoms with van der Waals surface area (Å²) in [6.45, 7) is 2.85. The molecule has 0 spiro atoms. The second-order valence-corrected chi connectivity index (χ2v) is 6.99. The lowest BCUT2D eigenvalue weighted by atomic mass is 10.2. The van der Waals surface area contributed by atoms with Crippen molar-refractivity contribution in [2.45, 2.75) is 26.1 Å². The van der Waals surface area contributed by atoms with Crippen LogP contribution in [-0.2, 0) is 28.1 Å². The number of carbonyl (C=O) groups excluding carboxylic acids is 1. The molecule has 0 saturated heterocycles. The Hall–Kier alpha value is -2.49. The predicted molar refractivity (Wildman–Crippen MR) is 98.0 cm³/mol. The van der Waals surface area contributed by atoms with Gasteiger partial charge in [0.1, 0.15) is 12.4 Å². The summed E-state index contributed by atoms with van der Waals surface area (Å²) in [4.78, 5) is 14.9. The third-order valence-electron chi connectivity index (χ3n) is 3.12. The number of benzene rings is 1. The highest BCUT2D eigenvalue weighted by molar-refractivity contribution is 7.85. The van der Waals surface area contributed by atoms with E-state index in [0.717, 1.165) is 16.9 Å². The van der Waals surface area contributed by atoms with Gasteiger partial charge in [-0.3, -0.25) is 14.3 Å². The van der Waals surface area contributed by atoms with Gasteiger partial charge < -0.3 is 15.8 Å². The quantitative estimate of drug-likeness (QED) is 0.613. The topological polar surface area (TPSA) is 132 Å². The molecule has 2 rings (SSSR count). The Bertz CT molecular complexity index is 772. The Morgan fingerprint density at radius 2 is 1.73 bits per heavy atom. The Morgan fingerprint density at radius 3 is 2.23 bits per heavy atom. The number of hydrogen-bond acceptors (Lipinski definition) is 6. The summed E-state index contributed by atoms with van der Waals surface area (Å²) in [5.41, 5.74) is 7.34. The number of nitrogens with two attached hydrogens (primary N) is 1. The molecule has 9 heteroatoms. The van der Waals surface area contributed by atoms with E-state index in [9.17, 15) is 13.2 Å². The van der Waals surface area contributed by atoms with Gasteiger partial charge in [0.05, 0.1) is 12.3 Å². The maximum absolute atomic E-state index is 10.9. The van der Waals surface area contributed by atoms with Crippen LogP contribution < -0.4 is 15.8 Å². The van der Waals surface area contributed by atoms with E-state index in [0.29, 0.717) is 19.4 Å². The normalized spacial score (nSPS) is 11.8. The van der Waals surface area contributed by atoms with Crippen molar-refractivity contribution < 1.29 is 22.5 Å². The molecule has 1 heterocycles. The summed E-state index contributed by atoms with van der Waals surface area (Å²) < 4.78 is 31.6. The Balaban J connectivity index is 0.000000597. The predicted octanol–water partition coefficient (Wildman–Crippen LogP) is 1.13. The zero-order valence-corrected chi connectivity index (χ0v) is 15.4. The fourth-order valence-electron chi connectivity index (χ4n) is 1.72. The van der Waals surface area contributed by atoms with Crippen LogP contribution in [0, 0.1) is 0 Å². The molecule has 1 atom stereocenters. The van der Waals surface area contributed by atoms with Crippen LogP contribution in [0.25, 0.3) is 0 Å². The number of rotatable bonds is 7. The van der Waals surface area contributed by atoms with Crippen LogP contribution in [0.1, 0.15) is 18.1 Å². The maximum Gasteiger partial charge on any atom is 0.261 e. The number of nitrogens with zero attached hydrogens (tertiary/aromatic N) is 1. The SMILES string of the molecule is CC(NCc1ccc(OCc2ccncc2)cc1)C(N)=O.CS(=O)(=O)O. The molecular formula is C17H23N3O5S. The second kappa shape index (κ2) is 10.5. The molecule has 26 heavy (non-hydrogen) atoms. The molecular weight excluding hydrogens is 358 g/mol. The Kier molecular flexibility index (Phi) is 8.70. The standard InChI is InChI=1S/C16H19N3O2.CH4O3S/c1-12(16(17)20)19-10-13-2-4-15(5-3-13)21-11-14-6-8-18-9-7-14;1-5(2,3)4/h2-9,12,19H,10-11H2,1H3,(H2,17,20);1H3,(H,2,3,4).